The van der Waals surface area contributed by atoms with E-state index in [4.69, 9.17) is 9.72 Å². The summed E-state index contributed by atoms with van der Waals surface area (Å²) in [6.07, 6.45) is 3.94. The van der Waals surface area contributed by atoms with Crippen LogP contribution in [0.2, 0.25) is 0 Å². The molecule has 2 aromatic rings. The first-order valence-corrected chi connectivity index (χ1v) is 11.0. The molecule has 0 bridgehead atoms. The smallest absolute Gasteiger partial charge is 0.259 e. The quantitative estimate of drug-likeness (QED) is 0.855. The molecular formula is C21H29N3O3S. The summed E-state index contributed by atoms with van der Waals surface area (Å²) < 4.78 is 5.29. The predicted octanol–water partition coefficient (Wildman–Crippen LogP) is 2.93. The van der Waals surface area contributed by atoms with Crippen LogP contribution in [0.3, 0.4) is 0 Å². The number of hydrogen-bond donors (Lipinski definition) is 1. The van der Waals surface area contributed by atoms with Gasteiger partial charge in [0, 0.05) is 30.8 Å². The van der Waals surface area contributed by atoms with Crippen molar-refractivity contribution in [3.05, 3.63) is 26.6 Å². The highest BCUT2D eigenvalue weighted by Crippen LogP contribution is 2.41. The fourth-order valence-electron chi connectivity index (χ4n) is 4.28. The van der Waals surface area contributed by atoms with E-state index in [1.54, 1.807) is 11.3 Å². The Bertz CT molecular complexity index is 935. The van der Waals surface area contributed by atoms with Gasteiger partial charge in [0.15, 0.2) is 0 Å². The highest BCUT2D eigenvalue weighted by molar-refractivity contribution is 7.18. The lowest BCUT2D eigenvalue weighted by Crippen LogP contribution is -2.40. The number of amides is 1. The monoisotopic (exact) mass is 403 g/mol. The average Bonchev–Trinajstić information content (AvgIpc) is 3.04. The van der Waals surface area contributed by atoms with Crippen molar-refractivity contribution in [1.29, 1.82) is 0 Å². The van der Waals surface area contributed by atoms with Crippen molar-refractivity contribution in [1.82, 2.24) is 14.9 Å². The number of aromatic nitrogens is 2. The zero-order valence-electron chi connectivity index (χ0n) is 17.0. The van der Waals surface area contributed by atoms with Crippen LogP contribution in [0.4, 0.5) is 0 Å². The second-order valence-corrected chi connectivity index (χ2v) is 10.1. The Kier molecular flexibility index (Phi) is 5.31. The molecule has 0 aromatic carbocycles. The number of H-pyrrole nitrogens is 1. The largest absolute Gasteiger partial charge is 0.378 e. The maximum Gasteiger partial charge on any atom is 0.259 e. The molecule has 2 aromatic heterocycles. The number of rotatable bonds is 3. The van der Waals surface area contributed by atoms with E-state index in [1.165, 1.54) is 10.4 Å². The maximum atomic E-state index is 12.8. The molecule has 0 saturated carbocycles. The summed E-state index contributed by atoms with van der Waals surface area (Å²) in [5.41, 5.74) is 1.43. The zero-order valence-corrected chi connectivity index (χ0v) is 17.8. The number of fused-ring (bicyclic) bond motifs is 3. The van der Waals surface area contributed by atoms with Crippen LogP contribution in [-0.4, -0.2) is 47.1 Å². The molecule has 0 radical (unpaired) electrons. The zero-order chi connectivity index (χ0) is 19.9. The third-order valence-corrected chi connectivity index (χ3v) is 7.28. The Labute approximate surface area is 169 Å². The van der Waals surface area contributed by atoms with Gasteiger partial charge < -0.3 is 14.6 Å². The Morgan fingerprint density at radius 2 is 2.07 bits per heavy atom. The molecule has 0 unspecified atom stereocenters. The summed E-state index contributed by atoms with van der Waals surface area (Å²) >= 11 is 1.67. The van der Waals surface area contributed by atoms with Crippen LogP contribution in [-0.2, 0) is 28.8 Å². The molecule has 7 heteroatoms. The van der Waals surface area contributed by atoms with Gasteiger partial charge in [-0.2, -0.15) is 0 Å². The second-order valence-electron chi connectivity index (χ2n) is 9.00. The Hall–Kier alpha value is -1.73. The summed E-state index contributed by atoms with van der Waals surface area (Å²) in [5, 5.41) is 0.774. The summed E-state index contributed by atoms with van der Waals surface area (Å²) in [6, 6.07) is 0. The molecule has 2 aliphatic rings. The van der Waals surface area contributed by atoms with Gasteiger partial charge in [0.25, 0.3) is 5.56 Å². The maximum absolute atomic E-state index is 12.8. The number of aryl methyl sites for hydroxylation is 2. The van der Waals surface area contributed by atoms with Gasteiger partial charge in [0.1, 0.15) is 10.7 Å². The van der Waals surface area contributed by atoms with Crippen molar-refractivity contribution in [2.24, 2.45) is 11.3 Å². The van der Waals surface area contributed by atoms with Gasteiger partial charge in [-0.15, -0.1) is 11.3 Å². The van der Waals surface area contributed by atoms with Crippen molar-refractivity contribution >= 4 is 27.5 Å². The lowest BCUT2D eigenvalue weighted by atomic mass is 9.72. The number of thiophene rings is 1. The lowest BCUT2D eigenvalue weighted by molar-refractivity contribution is -0.135. The normalized spacial score (nSPS) is 20.4. The van der Waals surface area contributed by atoms with Crippen LogP contribution in [0.5, 0.6) is 0 Å². The Morgan fingerprint density at radius 3 is 2.79 bits per heavy atom. The SMILES string of the molecule is CC(C)(C)[C@@H]1CCc2c(sc3nc(CCC(=O)N4CCOCC4)[nH]c(=O)c23)C1. The molecule has 6 nitrogen and oxygen atoms in total. The van der Waals surface area contributed by atoms with Gasteiger partial charge in [-0.25, -0.2) is 4.98 Å². The molecule has 28 heavy (non-hydrogen) atoms. The minimum absolute atomic E-state index is 0.0504. The van der Waals surface area contributed by atoms with Gasteiger partial charge in [-0.3, -0.25) is 9.59 Å². The van der Waals surface area contributed by atoms with E-state index < -0.39 is 0 Å². The molecule has 1 amide bonds. The molecule has 0 spiro atoms. The molecule has 4 rings (SSSR count). The third kappa shape index (κ3) is 3.87. The Balaban J connectivity index is 1.53. The van der Waals surface area contributed by atoms with E-state index in [-0.39, 0.29) is 16.9 Å². The van der Waals surface area contributed by atoms with Gasteiger partial charge in [-0.1, -0.05) is 20.8 Å². The minimum Gasteiger partial charge on any atom is -0.378 e. The average molecular weight is 404 g/mol. The van der Waals surface area contributed by atoms with Gasteiger partial charge >= 0.3 is 0 Å². The van der Waals surface area contributed by atoms with Gasteiger partial charge in [0.05, 0.1) is 18.6 Å². The van der Waals surface area contributed by atoms with Crippen LogP contribution in [0.15, 0.2) is 4.79 Å². The Morgan fingerprint density at radius 1 is 1.32 bits per heavy atom. The molecule has 1 aliphatic carbocycles. The van der Waals surface area contributed by atoms with E-state index in [2.05, 4.69) is 25.8 Å². The molecule has 3 heterocycles. The van der Waals surface area contributed by atoms with Crippen molar-refractivity contribution in [2.45, 2.75) is 52.9 Å². The number of nitrogens with zero attached hydrogens (tertiary/aromatic N) is 2. The molecule has 1 N–H and O–H groups in total. The summed E-state index contributed by atoms with van der Waals surface area (Å²) in [5.74, 6) is 1.35. The van der Waals surface area contributed by atoms with Crippen LogP contribution in [0, 0.1) is 11.3 Å². The predicted molar refractivity (Wildman–Crippen MR) is 111 cm³/mol. The number of morpholine rings is 1. The van der Waals surface area contributed by atoms with Gasteiger partial charge in [-0.05, 0) is 36.2 Å². The topological polar surface area (TPSA) is 75.3 Å². The fourth-order valence-corrected chi connectivity index (χ4v) is 5.60. The number of aromatic amines is 1. The molecule has 1 aliphatic heterocycles. The highest BCUT2D eigenvalue weighted by atomic mass is 32.1. The summed E-state index contributed by atoms with van der Waals surface area (Å²) in [7, 11) is 0. The second kappa shape index (κ2) is 7.59. The number of nitrogens with one attached hydrogen (secondary N) is 1. The van der Waals surface area contributed by atoms with E-state index in [0.717, 1.165) is 29.5 Å². The van der Waals surface area contributed by atoms with Crippen LogP contribution < -0.4 is 5.56 Å². The van der Waals surface area contributed by atoms with Crippen LogP contribution in [0.1, 0.15) is 49.9 Å². The van der Waals surface area contributed by atoms with Crippen LogP contribution in [0.25, 0.3) is 10.2 Å². The standard InChI is InChI=1S/C21H29N3O3S/c1-21(2,3)13-4-5-14-15(12-13)28-20-18(14)19(26)22-16(23-20)6-7-17(25)24-8-10-27-11-9-24/h13H,4-12H2,1-3H3,(H,22,23,26)/t13-/m1/s1. The third-order valence-electron chi connectivity index (χ3n) is 6.13. The number of carbonyl (C=O) groups is 1. The number of ether oxygens (including phenoxy) is 1. The lowest BCUT2D eigenvalue weighted by Gasteiger charge is -2.33. The van der Waals surface area contributed by atoms with Crippen LogP contribution >= 0.6 is 11.3 Å². The molecular weight excluding hydrogens is 374 g/mol. The first-order chi connectivity index (χ1) is 13.3. The first-order valence-electron chi connectivity index (χ1n) is 10.2. The molecule has 1 atom stereocenters. The van der Waals surface area contributed by atoms with E-state index in [9.17, 15) is 9.59 Å². The van der Waals surface area contributed by atoms with E-state index >= 15 is 0 Å². The van der Waals surface area contributed by atoms with Crippen molar-refractivity contribution in [3.8, 4) is 0 Å². The van der Waals surface area contributed by atoms with E-state index in [0.29, 0.717) is 50.9 Å². The van der Waals surface area contributed by atoms with E-state index in [1.807, 2.05) is 4.90 Å². The van der Waals surface area contributed by atoms with Crippen molar-refractivity contribution in [2.75, 3.05) is 26.3 Å². The van der Waals surface area contributed by atoms with Gasteiger partial charge in [0.2, 0.25) is 5.91 Å². The summed E-state index contributed by atoms with van der Waals surface area (Å²) in [6.45, 7) is 9.38. The molecule has 1 saturated heterocycles. The molecule has 152 valence electrons. The van der Waals surface area contributed by atoms with Crippen molar-refractivity contribution in [3.63, 3.8) is 0 Å². The van der Waals surface area contributed by atoms with Crippen molar-refractivity contribution < 1.29 is 9.53 Å². The first kappa shape index (κ1) is 19.6. The highest BCUT2D eigenvalue weighted by Gasteiger charge is 2.31. The number of carbonyl (C=O) groups excluding carboxylic acids is 1. The molecule has 1 fully saturated rings. The number of hydrogen-bond acceptors (Lipinski definition) is 5. The minimum atomic E-state index is -0.0504. The summed E-state index contributed by atoms with van der Waals surface area (Å²) in [4.78, 5) is 36.7. The fraction of sp³-hybridized carbons (Fsp3) is 0.667.